The molecule has 33 heavy (non-hydrogen) atoms. The number of ketones is 3. The van der Waals surface area contributed by atoms with Gasteiger partial charge in [-0.1, -0.05) is 33.6 Å². The zero-order valence-electron chi connectivity index (χ0n) is 20.8. The first-order valence-corrected chi connectivity index (χ1v) is 11.9. The highest BCUT2D eigenvalue weighted by atomic mass is 16.5. The molecule has 1 aliphatic carbocycles. The van der Waals surface area contributed by atoms with Crippen molar-refractivity contribution < 1.29 is 29.3 Å². The zero-order valence-corrected chi connectivity index (χ0v) is 20.8. The minimum atomic E-state index is -1.23. The van der Waals surface area contributed by atoms with Gasteiger partial charge in [0.2, 0.25) is 0 Å². The summed E-state index contributed by atoms with van der Waals surface area (Å²) in [5, 5.41) is 21.5. The van der Waals surface area contributed by atoms with Crippen molar-refractivity contribution in [1.29, 1.82) is 0 Å². The van der Waals surface area contributed by atoms with E-state index in [2.05, 4.69) is 0 Å². The lowest BCUT2D eigenvalue weighted by Gasteiger charge is -2.45. The summed E-state index contributed by atoms with van der Waals surface area (Å²) < 4.78 is 6.21. The molecular weight excluding hydrogens is 420 g/mol. The molecule has 1 atom stereocenters. The smallest absolute Gasteiger partial charge is 0.175 e. The van der Waals surface area contributed by atoms with Crippen molar-refractivity contribution >= 4 is 17.3 Å². The number of allylic oxidation sites excluding steroid dienone is 2. The Hall–Kier alpha value is -2.63. The number of unbranched alkanes of at least 4 members (excludes halogenated alkanes) is 2. The number of hydrogen-bond donors (Lipinski definition) is 2. The molecule has 180 valence electrons. The molecule has 0 fully saturated rings. The van der Waals surface area contributed by atoms with Crippen LogP contribution < -0.4 is 4.74 Å². The summed E-state index contributed by atoms with van der Waals surface area (Å²) in [6.45, 7) is 12.8. The lowest BCUT2D eigenvalue weighted by atomic mass is 9.59. The number of phenols is 2. The highest BCUT2D eigenvalue weighted by molar-refractivity contribution is 6.20. The van der Waals surface area contributed by atoms with Crippen molar-refractivity contribution in [1.82, 2.24) is 0 Å². The molecule has 6 heteroatoms. The molecule has 0 radical (unpaired) electrons. The van der Waals surface area contributed by atoms with E-state index in [0.29, 0.717) is 24.0 Å². The van der Waals surface area contributed by atoms with Gasteiger partial charge in [0, 0.05) is 29.5 Å². The van der Waals surface area contributed by atoms with Crippen LogP contribution in [0.3, 0.4) is 0 Å². The van der Waals surface area contributed by atoms with Crippen molar-refractivity contribution in [2.75, 3.05) is 0 Å². The van der Waals surface area contributed by atoms with E-state index in [-0.39, 0.29) is 58.3 Å². The van der Waals surface area contributed by atoms with E-state index in [1.807, 2.05) is 20.8 Å². The molecule has 1 aromatic carbocycles. The van der Waals surface area contributed by atoms with Gasteiger partial charge in [0.15, 0.2) is 17.3 Å². The Labute approximate surface area is 196 Å². The van der Waals surface area contributed by atoms with Gasteiger partial charge in [-0.25, -0.2) is 0 Å². The fraction of sp³-hybridized carbons (Fsp3) is 0.593. The number of hydrogen-bond acceptors (Lipinski definition) is 6. The van der Waals surface area contributed by atoms with Crippen LogP contribution in [0.15, 0.2) is 17.4 Å². The van der Waals surface area contributed by atoms with Crippen LogP contribution in [0.2, 0.25) is 0 Å². The van der Waals surface area contributed by atoms with Gasteiger partial charge in [-0.05, 0) is 46.5 Å². The summed E-state index contributed by atoms with van der Waals surface area (Å²) in [6, 6.07) is 1.17. The van der Waals surface area contributed by atoms with Gasteiger partial charge < -0.3 is 14.9 Å². The van der Waals surface area contributed by atoms with Crippen LogP contribution in [0.4, 0.5) is 0 Å². The molecule has 0 amide bonds. The highest BCUT2D eigenvalue weighted by Gasteiger charge is 2.57. The minimum Gasteiger partial charge on any atom is -0.507 e. The molecule has 0 saturated carbocycles. The predicted octanol–water partition coefficient (Wildman–Crippen LogP) is 5.84. The summed E-state index contributed by atoms with van der Waals surface area (Å²) in [4.78, 5) is 40.0. The van der Waals surface area contributed by atoms with Gasteiger partial charge in [-0.15, -0.1) is 0 Å². The molecule has 2 aliphatic rings. The van der Waals surface area contributed by atoms with E-state index in [1.165, 1.54) is 6.07 Å². The average Bonchev–Trinajstić information content (AvgIpc) is 2.70. The minimum absolute atomic E-state index is 0.0136. The van der Waals surface area contributed by atoms with Gasteiger partial charge in [0.25, 0.3) is 0 Å². The second-order valence-corrected chi connectivity index (χ2v) is 10.8. The summed E-state index contributed by atoms with van der Waals surface area (Å²) in [6.07, 6.45) is 3.25. The van der Waals surface area contributed by atoms with Crippen molar-refractivity contribution in [3.8, 4) is 17.2 Å². The standard InChI is InChI=1S/C27H36O6/c1-8-9-10-11-16(28)21-18(30)13-17(29)19-15(12-14(2)3)20-23(31)26(4,5)25(32)27(6,7)24(20)33-22(19)21/h13-15,29-30H,8-12H2,1-7H3/t15-/m0/s1. The number of benzene rings is 1. The van der Waals surface area contributed by atoms with Crippen molar-refractivity contribution in [3.63, 3.8) is 0 Å². The summed E-state index contributed by atoms with van der Waals surface area (Å²) >= 11 is 0. The Bertz CT molecular complexity index is 1040. The Morgan fingerprint density at radius 3 is 2.27 bits per heavy atom. The molecule has 0 saturated heterocycles. The van der Waals surface area contributed by atoms with Gasteiger partial charge in [0.05, 0.1) is 10.8 Å². The topological polar surface area (TPSA) is 101 Å². The Morgan fingerprint density at radius 2 is 1.70 bits per heavy atom. The van der Waals surface area contributed by atoms with E-state index < -0.39 is 16.7 Å². The molecule has 0 unspecified atom stereocenters. The SMILES string of the molecule is CCCCCC(=O)c1c(O)cc(O)c2c1OC1=C(C(=O)C(C)(C)C(=O)C1(C)C)[C@H]2CC(C)C. The van der Waals surface area contributed by atoms with Crippen LogP contribution >= 0.6 is 0 Å². The number of Topliss-reactive ketones (excluding diaryl/α,β-unsaturated/α-hetero) is 3. The second-order valence-electron chi connectivity index (χ2n) is 10.8. The number of fused-ring (bicyclic) bond motifs is 1. The lowest BCUT2D eigenvalue weighted by Crippen LogP contribution is -2.51. The normalized spacial score (nSPS) is 21.0. The van der Waals surface area contributed by atoms with Crippen LogP contribution in [0, 0.1) is 16.7 Å². The lowest BCUT2D eigenvalue weighted by molar-refractivity contribution is -0.144. The molecule has 1 heterocycles. The zero-order chi connectivity index (χ0) is 24.9. The first-order chi connectivity index (χ1) is 15.3. The molecule has 6 nitrogen and oxygen atoms in total. The molecule has 1 aromatic rings. The van der Waals surface area contributed by atoms with E-state index in [9.17, 15) is 24.6 Å². The maximum absolute atomic E-state index is 13.6. The Balaban J connectivity index is 2.30. The fourth-order valence-electron chi connectivity index (χ4n) is 5.24. The number of carbonyl (C=O) groups is 3. The first-order valence-electron chi connectivity index (χ1n) is 11.9. The monoisotopic (exact) mass is 456 g/mol. The summed E-state index contributed by atoms with van der Waals surface area (Å²) in [5.74, 6) is -1.52. The van der Waals surface area contributed by atoms with Gasteiger partial charge >= 0.3 is 0 Å². The summed E-state index contributed by atoms with van der Waals surface area (Å²) in [5.41, 5.74) is -1.60. The predicted molar refractivity (Wildman–Crippen MR) is 126 cm³/mol. The van der Waals surface area contributed by atoms with E-state index in [0.717, 1.165) is 12.8 Å². The fourth-order valence-corrected chi connectivity index (χ4v) is 5.24. The van der Waals surface area contributed by atoms with Crippen LogP contribution in [-0.2, 0) is 9.59 Å². The van der Waals surface area contributed by atoms with E-state index in [1.54, 1.807) is 27.7 Å². The number of rotatable bonds is 7. The number of carbonyl (C=O) groups excluding carboxylic acids is 3. The van der Waals surface area contributed by atoms with Gasteiger partial charge in [-0.3, -0.25) is 14.4 Å². The maximum Gasteiger partial charge on any atom is 0.175 e. The van der Waals surface area contributed by atoms with E-state index in [4.69, 9.17) is 4.74 Å². The van der Waals surface area contributed by atoms with Crippen molar-refractivity contribution in [2.24, 2.45) is 16.7 Å². The third-order valence-corrected chi connectivity index (χ3v) is 6.93. The molecule has 0 aromatic heterocycles. The molecule has 3 rings (SSSR count). The van der Waals surface area contributed by atoms with Crippen LogP contribution in [0.1, 0.15) is 102 Å². The molecule has 1 aliphatic heterocycles. The first kappa shape index (κ1) is 25.0. The van der Waals surface area contributed by atoms with Gasteiger partial charge in [0.1, 0.15) is 28.6 Å². The van der Waals surface area contributed by atoms with Gasteiger partial charge in [-0.2, -0.15) is 0 Å². The van der Waals surface area contributed by atoms with Crippen molar-refractivity contribution in [3.05, 3.63) is 28.5 Å². The third-order valence-electron chi connectivity index (χ3n) is 6.93. The number of ether oxygens (including phenoxy) is 1. The van der Waals surface area contributed by atoms with Crippen LogP contribution in [0.25, 0.3) is 0 Å². The number of phenolic OH excluding ortho intramolecular Hbond substituents is 2. The van der Waals surface area contributed by atoms with Crippen LogP contribution in [-0.4, -0.2) is 27.6 Å². The molecule has 2 N–H and O–H groups in total. The maximum atomic E-state index is 13.6. The highest BCUT2D eigenvalue weighted by Crippen LogP contribution is 2.57. The number of aromatic hydroxyl groups is 2. The summed E-state index contributed by atoms with van der Waals surface area (Å²) in [7, 11) is 0. The average molecular weight is 457 g/mol. The molecule has 0 spiro atoms. The molecular formula is C27H36O6. The van der Waals surface area contributed by atoms with Crippen LogP contribution in [0.5, 0.6) is 17.2 Å². The molecule has 0 bridgehead atoms. The van der Waals surface area contributed by atoms with E-state index >= 15 is 0 Å². The second kappa shape index (κ2) is 8.62. The van der Waals surface area contributed by atoms with Crippen molar-refractivity contribution in [2.45, 2.75) is 86.5 Å². The quantitative estimate of drug-likeness (QED) is 0.304. The third kappa shape index (κ3) is 3.98. The Morgan fingerprint density at radius 1 is 1.06 bits per heavy atom. The largest absolute Gasteiger partial charge is 0.507 e. The Kier molecular flexibility index (Phi) is 6.53.